The smallest absolute Gasteiger partial charge is 0.223 e. The van der Waals surface area contributed by atoms with Crippen LogP contribution >= 0.6 is 11.3 Å². The van der Waals surface area contributed by atoms with Crippen LogP contribution in [0.25, 0.3) is 11.3 Å². The molecule has 2 heterocycles. The van der Waals surface area contributed by atoms with Crippen molar-refractivity contribution in [2.45, 2.75) is 19.4 Å². The topological polar surface area (TPSA) is 46.3 Å². The van der Waals surface area contributed by atoms with E-state index in [2.05, 4.69) is 4.98 Å². The number of aryl methyl sites for hydroxylation is 1. The Morgan fingerprint density at radius 3 is 2.79 bits per heavy atom. The minimum Gasteiger partial charge on any atom is -0.441 e. The van der Waals surface area contributed by atoms with E-state index in [0.29, 0.717) is 31.0 Å². The first-order valence-electron chi connectivity index (χ1n) is 7.59. The van der Waals surface area contributed by atoms with Crippen LogP contribution in [-0.4, -0.2) is 22.8 Å². The summed E-state index contributed by atoms with van der Waals surface area (Å²) in [4.78, 5) is 19.2. The van der Waals surface area contributed by atoms with Crippen LogP contribution in [-0.2, 0) is 17.8 Å². The molecule has 3 aromatic rings. The molecule has 0 aliphatic rings. The lowest BCUT2D eigenvalue weighted by Crippen LogP contribution is -2.26. The molecule has 0 unspecified atom stereocenters. The number of hydrogen-bond acceptors (Lipinski definition) is 4. The van der Waals surface area contributed by atoms with Crippen molar-refractivity contribution in [2.24, 2.45) is 0 Å². The molecule has 0 saturated heterocycles. The highest BCUT2D eigenvalue weighted by atomic mass is 32.1. The number of benzene rings is 1. The normalized spacial score (nSPS) is 10.8. The Balaban J connectivity index is 1.55. The molecule has 0 spiro atoms. The largest absolute Gasteiger partial charge is 0.441 e. The van der Waals surface area contributed by atoms with E-state index in [0.717, 1.165) is 10.4 Å². The molecular weight excluding hydrogens is 327 g/mol. The third-order valence-corrected chi connectivity index (χ3v) is 4.50. The van der Waals surface area contributed by atoms with Gasteiger partial charge in [-0.1, -0.05) is 6.07 Å². The summed E-state index contributed by atoms with van der Waals surface area (Å²) < 4.78 is 18.6. The molecule has 6 heteroatoms. The number of oxazole rings is 1. The molecule has 0 bridgehead atoms. The second-order valence-corrected chi connectivity index (χ2v) is 6.49. The van der Waals surface area contributed by atoms with E-state index >= 15 is 0 Å². The average Bonchev–Trinajstić information content (AvgIpc) is 3.25. The summed E-state index contributed by atoms with van der Waals surface area (Å²) in [6.07, 6.45) is 2.38. The molecule has 0 atom stereocenters. The standard InChI is InChI=1S/C18H17FN2O2S/c1-21(12-15-3-2-10-24-15)18(22)9-8-17-20-11-16(23-17)13-4-6-14(19)7-5-13/h2-7,10-11H,8-9,12H2,1H3. The van der Waals surface area contributed by atoms with Crippen molar-refractivity contribution >= 4 is 17.2 Å². The third kappa shape index (κ3) is 4.08. The maximum Gasteiger partial charge on any atom is 0.223 e. The third-order valence-electron chi connectivity index (χ3n) is 3.63. The van der Waals surface area contributed by atoms with E-state index in [1.807, 2.05) is 17.5 Å². The lowest BCUT2D eigenvalue weighted by molar-refractivity contribution is -0.130. The highest BCUT2D eigenvalue weighted by Crippen LogP contribution is 2.21. The van der Waals surface area contributed by atoms with Crippen molar-refractivity contribution in [3.8, 4) is 11.3 Å². The van der Waals surface area contributed by atoms with Crippen LogP contribution in [0.5, 0.6) is 0 Å². The van der Waals surface area contributed by atoms with Gasteiger partial charge in [-0.25, -0.2) is 9.37 Å². The molecule has 0 saturated carbocycles. The van der Waals surface area contributed by atoms with Crippen LogP contribution in [0.4, 0.5) is 4.39 Å². The summed E-state index contributed by atoms with van der Waals surface area (Å²) >= 11 is 1.63. The molecule has 124 valence electrons. The van der Waals surface area contributed by atoms with Crippen LogP contribution in [0.3, 0.4) is 0 Å². The molecular formula is C18H17FN2O2S. The molecule has 24 heavy (non-hydrogen) atoms. The number of carbonyl (C=O) groups is 1. The van der Waals surface area contributed by atoms with Gasteiger partial charge in [-0.15, -0.1) is 11.3 Å². The van der Waals surface area contributed by atoms with Crippen LogP contribution in [0.15, 0.2) is 52.4 Å². The second-order valence-electron chi connectivity index (χ2n) is 5.45. The minimum atomic E-state index is -0.294. The van der Waals surface area contributed by atoms with Gasteiger partial charge in [0, 0.05) is 30.3 Å². The Hall–Kier alpha value is -2.47. The van der Waals surface area contributed by atoms with Gasteiger partial charge >= 0.3 is 0 Å². The minimum absolute atomic E-state index is 0.0462. The Morgan fingerprint density at radius 2 is 2.08 bits per heavy atom. The fraction of sp³-hybridized carbons (Fsp3) is 0.222. The van der Waals surface area contributed by atoms with Gasteiger partial charge in [0.05, 0.1) is 12.7 Å². The molecule has 1 amide bonds. The first-order chi connectivity index (χ1) is 11.6. The van der Waals surface area contributed by atoms with Gasteiger partial charge in [0.15, 0.2) is 11.7 Å². The van der Waals surface area contributed by atoms with Crippen LogP contribution in [0.1, 0.15) is 17.2 Å². The highest BCUT2D eigenvalue weighted by molar-refractivity contribution is 7.09. The summed E-state index contributed by atoms with van der Waals surface area (Å²) in [6, 6.07) is 10.0. The maximum absolute atomic E-state index is 12.9. The number of thiophene rings is 1. The Bertz CT molecular complexity index is 797. The van der Waals surface area contributed by atoms with Crippen molar-refractivity contribution in [1.29, 1.82) is 0 Å². The molecule has 0 fully saturated rings. The van der Waals surface area contributed by atoms with Gasteiger partial charge in [-0.3, -0.25) is 4.79 Å². The first kappa shape index (κ1) is 16.4. The second kappa shape index (κ2) is 7.40. The first-order valence-corrected chi connectivity index (χ1v) is 8.47. The molecule has 0 radical (unpaired) electrons. The summed E-state index contributed by atoms with van der Waals surface area (Å²) in [6.45, 7) is 0.614. The number of carbonyl (C=O) groups excluding carboxylic acids is 1. The average molecular weight is 344 g/mol. The number of amides is 1. The Kier molecular flexibility index (Phi) is 5.05. The number of rotatable bonds is 6. The van der Waals surface area contributed by atoms with Gasteiger partial charge < -0.3 is 9.32 Å². The van der Waals surface area contributed by atoms with E-state index in [4.69, 9.17) is 4.42 Å². The number of nitrogens with zero attached hydrogens (tertiary/aromatic N) is 2. The summed E-state index contributed by atoms with van der Waals surface area (Å²) in [5, 5.41) is 2.00. The molecule has 3 rings (SSSR count). The van der Waals surface area contributed by atoms with Gasteiger partial charge in [0.25, 0.3) is 0 Å². The summed E-state index contributed by atoms with van der Waals surface area (Å²) in [7, 11) is 1.79. The van der Waals surface area contributed by atoms with Gasteiger partial charge in [0.2, 0.25) is 5.91 Å². The van der Waals surface area contributed by atoms with Gasteiger partial charge in [-0.2, -0.15) is 0 Å². The van der Waals surface area contributed by atoms with Crippen molar-refractivity contribution in [3.05, 3.63) is 64.6 Å². The SMILES string of the molecule is CN(Cc1cccs1)C(=O)CCc1ncc(-c2ccc(F)cc2)o1. The van der Waals surface area contributed by atoms with E-state index in [1.54, 1.807) is 41.6 Å². The molecule has 4 nitrogen and oxygen atoms in total. The lowest BCUT2D eigenvalue weighted by atomic mass is 10.2. The highest BCUT2D eigenvalue weighted by Gasteiger charge is 2.13. The van der Waals surface area contributed by atoms with E-state index < -0.39 is 0 Å². The zero-order valence-corrected chi connectivity index (χ0v) is 14.1. The Labute approximate surface area is 143 Å². The zero-order chi connectivity index (χ0) is 16.9. The predicted molar refractivity (Wildman–Crippen MR) is 91.0 cm³/mol. The molecule has 1 aromatic carbocycles. The molecule has 0 aliphatic heterocycles. The summed E-state index contributed by atoms with van der Waals surface area (Å²) in [5.41, 5.74) is 0.760. The predicted octanol–water partition coefficient (Wildman–Crippen LogP) is 4.13. The van der Waals surface area contributed by atoms with Gasteiger partial charge in [0.1, 0.15) is 5.82 Å². The van der Waals surface area contributed by atoms with E-state index in [1.165, 1.54) is 12.1 Å². The number of halogens is 1. The fourth-order valence-corrected chi connectivity index (χ4v) is 3.06. The maximum atomic E-state index is 12.9. The van der Waals surface area contributed by atoms with Crippen molar-refractivity contribution < 1.29 is 13.6 Å². The monoisotopic (exact) mass is 344 g/mol. The van der Waals surface area contributed by atoms with Crippen molar-refractivity contribution in [3.63, 3.8) is 0 Å². The van der Waals surface area contributed by atoms with Gasteiger partial charge in [-0.05, 0) is 35.7 Å². The van der Waals surface area contributed by atoms with Crippen LogP contribution < -0.4 is 0 Å². The fourth-order valence-electron chi connectivity index (χ4n) is 2.30. The summed E-state index contributed by atoms with van der Waals surface area (Å²) in [5.74, 6) is 0.833. The number of hydrogen-bond donors (Lipinski definition) is 0. The lowest BCUT2D eigenvalue weighted by Gasteiger charge is -2.15. The van der Waals surface area contributed by atoms with Crippen LogP contribution in [0.2, 0.25) is 0 Å². The number of aromatic nitrogens is 1. The van der Waals surface area contributed by atoms with E-state index in [-0.39, 0.29) is 11.7 Å². The molecule has 2 aromatic heterocycles. The quantitative estimate of drug-likeness (QED) is 0.675. The molecule has 0 aliphatic carbocycles. The van der Waals surface area contributed by atoms with Crippen molar-refractivity contribution in [1.82, 2.24) is 9.88 Å². The van der Waals surface area contributed by atoms with Crippen LogP contribution in [0, 0.1) is 5.82 Å². The van der Waals surface area contributed by atoms with Crippen molar-refractivity contribution in [2.75, 3.05) is 7.05 Å². The Morgan fingerprint density at radius 1 is 1.29 bits per heavy atom. The zero-order valence-electron chi connectivity index (χ0n) is 13.2. The van der Waals surface area contributed by atoms with E-state index in [9.17, 15) is 9.18 Å². The molecule has 0 N–H and O–H groups in total.